The van der Waals surface area contributed by atoms with Gasteiger partial charge in [-0.2, -0.15) is 5.10 Å². The summed E-state index contributed by atoms with van der Waals surface area (Å²) in [4.78, 5) is 4.16. The summed E-state index contributed by atoms with van der Waals surface area (Å²) in [5, 5.41) is 4.24. The molecule has 0 aliphatic carbocycles. The number of nitrogens with two attached hydrogens (primary N) is 1. The standard InChI is InChI=1S/C12H16BrN5/c1-8-11(7-16-18(8)2)12(17-14)4-9-3-10(13)6-15-5-9/h3,5-7,12,17H,4,14H2,1-2H3. The van der Waals surface area contributed by atoms with Crippen LogP contribution in [0, 0.1) is 6.92 Å². The minimum absolute atomic E-state index is 0.0369. The van der Waals surface area contributed by atoms with Gasteiger partial charge in [0.15, 0.2) is 0 Å². The number of rotatable bonds is 4. The van der Waals surface area contributed by atoms with Gasteiger partial charge in [-0.1, -0.05) is 0 Å². The number of aromatic nitrogens is 3. The number of halogens is 1. The zero-order chi connectivity index (χ0) is 13.1. The van der Waals surface area contributed by atoms with Crippen LogP contribution in [0.1, 0.15) is 22.9 Å². The van der Waals surface area contributed by atoms with Gasteiger partial charge in [-0.3, -0.25) is 20.9 Å². The molecule has 0 spiro atoms. The average molecular weight is 310 g/mol. The van der Waals surface area contributed by atoms with E-state index in [-0.39, 0.29) is 6.04 Å². The Hall–Kier alpha value is -1.24. The summed E-state index contributed by atoms with van der Waals surface area (Å²) in [6.45, 7) is 2.03. The van der Waals surface area contributed by atoms with Crippen molar-refractivity contribution in [3.63, 3.8) is 0 Å². The number of pyridine rings is 1. The Morgan fingerprint density at radius 1 is 1.44 bits per heavy atom. The molecule has 3 N–H and O–H groups in total. The molecule has 0 saturated carbocycles. The van der Waals surface area contributed by atoms with Gasteiger partial charge < -0.3 is 0 Å². The molecule has 0 radical (unpaired) electrons. The van der Waals surface area contributed by atoms with Crippen molar-refractivity contribution in [3.8, 4) is 0 Å². The van der Waals surface area contributed by atoms with Crippen LogP contribution >= 0.6 is 15.9 Å². The summed E-state index contributed by atoms with van der Waals surface area (Å²) in [5.41, 5.74) is 6.19. The second kappa shape index (κ2) is 5.60. The van der Waals surface area contributed by atoms with E-state index >= 15 is 0 Å². The second-order valence-electron chi connectivity index (χ2n) is 4.24. The summed E-state index contributed by atoms with van der Waals surface area (Å²) >= 11 is 3.42. The third kappa shape index (κ3) is 2.77. The van der Waals surface area contributed by atoms with Crippen LogP contribution in [0.2, 0.25) is 0 Å². The molecule has 0 saturated heterocycles. The third-order valence-electron chi connectivity index (χ3n) is 3.05. The molecule has 18 heavy (non-hydrogen) atoms. The lowest BCUT2D eigenvalue weighted by Crippen LogP contribution is -2.30. The van der Waals surface area contributed by atoms with Gasteiger partial charge in [-0.05, 0) is 40.9 Å². The summed E-state index contributed by atoms with van der Waals surface area (Å²) in [7, 11) is 1.92. The number of hydrogen-bond acceptors (Lipinski definition) is 4. The molecular weight excluding hydrogens is 294 g/mol. The first kappa shape index (κ1) is 13.2. The van der Waals surface area contributed by atoms with Crippen LogP contribution in [-0.2, 0) is 13.5 Å². The maximum atomic E-state index is 5.65. The molecule has 0 aromatic carbocycles. The highest BCUT2D eigenvalue weighted by molar-refractivity contribution is 9.10. The highest BCUT2D eigenvalue weighted by atomic mass is 79.9. The van der Waals surface area contributed by atoms with Crippen molar-refractivity contribution in [1.82, 2.24) is 20.2 Å². The third-order valence-corrected chi connectivity index (χ3v) is 3.48. The molecule has 5 nitrogen and oxygen atoms in total. The first-order chi connectivity index (χ1) is 8.61. The molecule has 0 aliphatic rings. The van der Waals surface area contributed by atoms with Crippen molar-refractivity contribution < 1.29 is 0 Å². The SMILES string of the molecule is Cc1c(C(Cc2cncc(Br)c2)NN)cnn1C. The summed E-state index contributed by atoms with van der Waals surface area (Å²) < 4.78 is 2.82. The van der Waals surface area contributed by atoms with Crippen molar-refractivity contribution in [3.05, 3.63) is 46.0 Å². The van der Waals surface area contributed by atoms with Crippen molar-refractivity contribution >= 4 is 15.9 Å². The van der Waals surface area contributed by atoms with Crippen molar-refractivity contribution in [1.29, 1.82) is 0 Å². The Morgan fingerprint density at radius 2 is 2.22 bits per heavy atom. The lowest BCUT2D eigenvalue weighted by Gasteiger charge is -2.15. The van der Waals surface area contributed by atoms with E-state index in [1.807, 2.05) is 37.1 Å². The number of nitrogens with zero attached hydrogens (tertiary/aromatic N) is 3. The Labute approximate surface area is 115 Å². The van der Waals surface area contributed by atoms with Gasteiger partial charge in [-0.15, -0.1) is 0 Å². The fourth-order valence-corrected chi connectivity index (χ4v) is 2.33. The highest BCUT2D eigenvalue weighted by Gasteiger charge is 2.16. The first-order valence-electron chi connectivity index (χ1n) is 5.66. The summed E-state index contributed by atoms with van der Waals surface area (Å²) in [6, 6.07) is 2.08. The van der Waals surface area contributed by atoms with E-state index in [9.17, 15) is 0 Å². The van der Waals surface area contributed by atoms with Crippen LogP contribution in [0.25, 0.3) is 0 Å². The lowest BCUT2D eigenvalue weighted by molar-refractivity contribution is 0.547. The summed E-state index contributed by atoms with van der Waals surface area (Å²) in [6.07, 6.45) is 6.24. The van der Waals surface area contributed by atoms with Gasteiger partial charge in [0, 0.05) is 35.2 Å². The fraction of sp³-hybridized carbons (Fsp3) is 0.333. The van der Waals surface area contributed by atoms with E-state index < -0.39 is 0 Å². The van der Waals surface area contributed by atoms with Gasteiger partial charge in [-0.25, -0.2) is 0 Å². The Morgan fingerprint density at radius 3 is 2.78 bits per heavy atom. The maximum absolute atomic E-state index is 5.65. The second-order valence-corrected chi connectivity index (χ2v) is 5.16. The van der Waals surface area contributed by atoms with Gasteiger partial charge in [0.1, 0.15) is 0 Å². The van der Waals surface area contributed by atoms with Crippen LogP contribution in [0.5, 0.6) is 0 Å². The van der Waals surface area contributed by atoms with E-state index in [2.05, 4.69) is 31.4 Å². The minimum atomic E-state index is 0.0369. The largest absolute Gasteiger partial charge is 0.273 e. The predicted molar refractivity (Wildman–Crippen MR) is 73.7 cm³/mol. The Balaban J connectivity index is 2.22. The van der Waals surface area contributed by atoms with Gasteiger partial charge in [0.25, 0.3) is 0 Å². The number of hydrazine groups is 1. The van der Waals surface area contributed by atoms with E-state index in [1.54, 1.807) is 6.20 Å². The molecule has 1 atom stereocenters. The highest BCUT2D eigenvalue weighted by Crippen LogP contribution is 2.21. The van der Waals surface area contributed by atoms with E-state index in [0.29, 0.717) is 0 Å². The Bertz CT molecular complexity index is 537. The van der Waals surface area contributed by atoms with Crippen LogP contribution < -0.4 is 11.3 Å². The normalized spacial score (nSPS) is 12.7. The van der Waals surface area contributed by atoms with Crippen LogP contribution in [-0.4, -0.2) is 14.8 Å². The molecule has 1 unspecified atom stereocenters. The molecule has 2 heterocycles. The molecule has 0 fully saturated rings. The number of nitrogens with one attached hydrogen (secondary N) is 1. The summed E-state index contributed by atoms with van der Waals surface area (Å²) in [5.74, 6) is 5.65. The van der Waals surface area contributed by atoms with Crippen molar-refractivity contribution in [2.45, 2.75) is 19.4 Å². The maximum Gasteiger partial charge on any atom is 0.0540 e. The average Bonchev–Trinajstić information content (AvgIpc) is 2.67. The zero-order valence-corrected chi connectivity index (χ0v) is 12.0. The minimum Gasteiger partial charge on any atom is -0.273 e. The van der Waals surface area contributed by atoms with Gasteiger partial charge in [0.05, 0.1) is 12.2 Å². The number of hydrogen-bond donors (Lipinski definition) is 2. The van der Waals surface area contributed by atoms with Gasteiger partial charge in [0.2, 0.25) is 0 Å². The lowest BCUT2D eigenvalue weighted by atomic mass is 10.0. The van der Waals surface area contributed by atoms with Crippen LogP contribution in [0.4, 0.5) is 0 Å². The molecule has 2 aromatic heterocycles. The van der Waals surface area contributed by atoms with Crippen LogP contribution in [0.3, 0.4) is 0 Å². The fourth-order valence-electron chi connectivity index (χ4n) is 1.92. The predicted octanol–water partition coefficient (Wildman–Crippen LogP) is 1.63. The van der Waals surface area contributed by atoms with E-state index in [0.717, 1.165) is 27.7 Å². The zero-order valence-electron chi connectivity index (χ0n) is 10.4. The molecule has 0 aliphatic heterocycles. The van der Waals surface area contributed by atoms with E-state index in [4.69, 9.17) is 5.84 Å². The molecule has 96 valence electrons. The molecule has 0 amide bonds. The molecule has 0 bridgehead atoms. The quantitative estimate of drug-likeness (QED) is 0.665. The number of aryl methyl sites for hydroxylation is 1. The van der Waals surface area contributed by atoms with Crippen molar-refractivity contribution in [2.75, 3.05) is 0 Å². The Kier molecular flexibility index (Phi) is 4.11. The van der Waals surface area contributed by atoms with Crippen LogP contribution in [0.15, 0.2) is 29.1 Å². The molecule has 2 aromatic rings. The van der Waals surface area contributed by atoms with Gasteiger partial charge >= 0.3 is 0 Å². The smallest absolute Gasteiger partial charge is 0.0540 e. The topological polar surface area (TPSA) is 68.8 Å². The first-order valence-corrected chi connectivity index (χ1v) is 6.45. The van der Waals surface area contributed by atoms with E-state index in [1.165, 1.54) is 0 Å². The van der Waals surface area contributed by atoms with Crippen molar-refractivity contribution in [2.24, 2.45) is 12.9 Å². The molecular formula is C12H16BrN5. The molecule has 6 heteroatoms. The monoisotopic (exact) mass is 309 g/mol. The molecule has 2 rings (SSSR count).